The second kappa shape index (κ2) is 13.7. The summed E-state index contributed by atoms with van der Waals surface area (Å²) in [6, 6.07) is 8.15. The van der Waals surface area contributed by atoms with Gasteiger partial charge in [-0.1, -0.05) is 12.1 Å². The van der Waals surface area contributed by atoms with E-state index in [1.807, 2.05) is 18.2 Å². The number of hydrogen-bond donors (Lipinski definition) is 2. The van der Waals surface area contributed by atoms with E-state index in [2.05, 4.69) is 15.2 Å². The van der Waals surface area contributed by atoms with Crippen molar-refractivity contribution >= 4 is 45.6 Å². The van der Waals surface area contributed by atoms with Crippen molar-refractivity contribution in [2.45, 2.75) is 22.9 Å². The van der Waals surface area contributed by atoms with Gasteiger partial charge in [-0.25, -0.2) is 27.4 Å². The SMILES string of the molecule is O=C=C1C=C(OC(=O)N2CCN(c3ccccn3)CC2)C=CC1C[C@@H](C(=O)O)N(C1NCCS1)S(=O)(=O)c1ccc(F)cc1. The molecule has 1 aromatic heterocycles. The first-order chi connectivity index (χ1) is 21.2. The van der Waals surface area contributed by atoms with Crippen molar-refractivity contribution < 1.29 is 37.0 Å². The number of carbonyl (C=O) groups excluding carboxylic acids is 2. The molecule has 3 atom stereocenters. The number of halogens is 1. The average molecular weight is 644 g/mol. The third-order valence-corrected chi connectivity index (χ3v) is 10.6. The summed E-state index contributed by atoms with van der Waals surface area (Å²) in [5, 5.41) is 13.2. The molecule has 3 heterocycles. The van der Waals surface area contributed by atoms with Gasteiger partial charge in [0, 0.05) is 56.2 Å². The molecule has 12 nitrogen and oxygen atoms in total. The van der Waals surface area contributed by atoms with Gasteiger partial charge < -0.3 is 19.6 Å². The van der Waals surface area contributed by atoms with Crippen LogP contribution in [0.1, 0.15) is 6.42 Å². The molecule has 2 unspecified atom stereocenters. The largest absolute Gasteiger partial charge is 0.480 e. The zero-order valence-corrected chi connectivity index (χ0v) is 25.0. The van der Waals surface area contributed by atoms with Crippen molar-refractivity contribution in [2.75, 3.05) is 43.4 Å². The topological polar surface area (TPSA) is 149 Å². The quantitative estimate of drug-likeness (QED) is 0.388. The highest BCUT2D eigenvalue weighted by molar-refractivity contribution is 8.01. The third-order valence-electron chi connectivity index (χ3n) is 7.41. The predicted octanol–water partition coefficient (Wildman–Crippen LogP) is 2.46. The molecule has 0 radical (unpaired) electrons. The number of thioether (sulfide) groups is 1. The van der Waals surface area contributed by atoms with Crippen molar-refractivity contribution in [1.82, 2.24) is 19.5 Å². The Bertz CT molecular complexity index is 1580. The summed E-state index contributed by atoms with van der Waals surface area (Å²) in [4.78, 5) is 45.0. The number of piperazine rings is 1. The molecule has 1 aromatic carbocycles. The minimum absolute atomic E-state index is 0.00712. The Morgan fingerprint density at radius 3 is 2.55 bits per heavy atom. The van der Waals surface area contributed by atoms with Gasteiger partial charge >= 0.3 is 12.1 Å². The lowest BCUT2D eigenvalue weighted by Crippen LogP contribution is -2.53. The molecule has 2 aliphatic heterocycles. The van der Waals surface area contributed by atoms with Gasteiger partial charge in [0.1, 0.15) is 34.9 Å². The Morgan fingerprint density at radius 2 is 1.93 bits per heavy atom. The van der Waals surface area contributed by atoms with Gasteiger partial charge in [-0.3, -0.25) is 10.1 Å². The van der Waals surface area contributed by atoms with Crippen molar-refractivity contribution in [1.29, 1.82) is 0 Å². The number of benzene rings is 1. The van der Waals surface area contributed by atoms with Crippen LogP contribution in [0.25, 0.3) is 0 Å². The van der Waals surface area contributed by atoms with E-state index >= 15 is 0 Å². The lowest BCUT2D eigenvalue weighted by Gasteiger charge is -2.35. The van der Waals surface area contributed by atoms with E-state index in [-0.39, 0.29) is 22.6 Å². The number of aromatic nitrogens is 1. The number of pyridine rings is 1. The number of amides is 1. The number of rotatable bonds is 9. The molecule has 44 heavy (non-hydrogen) atoms. The summed E-state index contributed by atoms with van der Waals surface area (Å²) in [7, 11) is -4.41. The first-order valence-electron chi connectivity index (χ1n) is 13.8. The molecule has 3 aliphatic rings. The first kappa shape index (κ1) is 31.4. The minimum Gasteiger partial charge on any atom is -0.480 e. The average Bonchev–Trinajstić information content (AvgIpc) is 3.56. The van der Waals surface area contributed by atoms with Crippen LogP contribution in [0, 0.1) is 11.7 Å². The van der Waals surface area contributed by atoms with Crippen LogP contribution in [-0.2, 0) is 24.3 Å². The van der Waals surface area contributed by atoms with Crippen molar-refractivity contribution in [3.05, 3.63) is 84.0 Å². The molecule has 232 valence electrons. The molecule has 15 heteroatoms. The van der Waals surface area contributed by atoms with Crippen LogP contribution < -0.4 is 10.2 Å². The summed E-state index contributed by atoms with van der Waals surface area (Å²) in [6.07, 6.45) is 5.05. The van der Waals surface area contributed by atoms with Crippen molar-refractivity contribution in [3.63, 3.8) is 0 Å². The van der Waals surface area contributed by atoms with E-state index < -0.39 is 45.4 Å². The number of carbonyl (C=O) groups is 2. The highest BCUT2D eigenvalue weighted by Gasteiger charge is 2.44. The van der Waals surface area contributed by atoms with Gasteiger partial charge in [0.15, 0.2) is 0 Å². The second-order valence-corrected chi connectivity index (χ2v) is 13.2. The first-order valence-corrected chi connectivity index (χ1v) is 16.3. The number of ether oxygens (including phenoxy) is 1. The molecule has 5 rings (SSSR count). The smallest absolute Gasteiger partial charge is 0.415 e. The lowest BCUT2D eigenvalue weighted by atomic mass is 9.89. The van der Waals surface area contributed by atoms with E-state index in [1.165, 1.54) is 34.9 Å². The van der Waals surface area contributed by atoms with Gasteiger partial charge in [-0.05, 0) is 55.0 Å². The number of sulfonamides is 1. The highest BCUT2D eigenvalue weighted by Crippen LogP contribution is 2.33. The molecule has 1 amide bonds. The van der Waals surface area contributed by atoms with Gasteiger partial charge in [0.05, 0.1) is 4.90 Å². The molecule has 2 fully saturated rings. The summed E-state index contributed by atoms with van der Waals surface area (Å²) in [6.45, 7) is 2.37. The molecular formula is C29H30FN5O7S2. The van der Waals surface area contributed by atoms with Gasteiger partial charge in [0.25, 0.3) is 0 Å². The maximum Gasteiger partial charge on any atom is 0.415 e. The third kappa shape index (κ3) is 7.03. The van der Waals surface area contributed by atoms with Gasteiger partial charge in [-0.2, -0.15) is 4.31 Å². The van der Waals surface area contributed by atoms with Crippen molar-refractivity contribution in [3.8, 4) is 0 Å². The molecule has 0 spiro atoms. The molecular weight excluding hydrogens is 613 g/mol. The zero-order chi connectivity index (χ0) is 31.3. The number of aliphatic carboxylic acids is 1. The fourth-order valence-corrected chi connectivity index (χ4v) is 8.21. The number of hydrogen-bond acceptors (Lipinski definition) is 10. The number of carboxylic acid groups (broad SMARTS) is 1. The Balaban J connectivity index is 1.28. The summed E-state index contributed by atoms with van der Waals surface area (Å²) in [5.41, 5.74) is -0.889. The van der Waals surface area contributed by atoms with Crippen LogP contribution in [0.4, 0.5) is 15.0 Å². The van der Waals surface area contributed by atoms with Crippen LogP contribution in [-0.4, -0.2) is 95.7 Å². The zero-order valence-electron chi connectivity index (χ0n) is 23.4. The molecule has 0 bridgehead atoms. The van der Waals surface area contributed by atoms with Gasteiger partial charge in [0.2, 0.25) is 10.0 Å². The molecule has 2 saturated heterocycles. The number of nitrogens with one attached hydrogen (secondary N) is 1. The maximum atomic E-state index is 13.7. The fourth-order valence-electron chi connectivity index (χ4n) is 5.14. The Hall–Kier alpha value is -4.01. The Labute approximate surface area is 257 Å². The van der Waals surface area contributed by atoms with Gasteiger partial charge in [-0.15, -0.1) is 11.8 Å². The van der Waals surface area contributed by atoms with E-state index in [0.717, 1.165) is 34.4 Å². The van der Waals surface area contributed by atoms with Crippen LogP contribution in [0.15, 0.2) is 83.1 Å². The Kier molecular flexibility index (Phi) is 9.81. The second-order valence-electron chi connectivity index (χ2n) is 10.2. The molecule has 1 aliphatic carbocycles. The molecule has 2 N–H and O–H groups in total. The summed E-state index contributed by atoms with van der Waals surface area (Å²) in [5.74, 6) is 0.330. The minimum atomic E-state index is -4.41. The summed E-state index contributed by atoms with van der Waals surface area (Å²) < 4.78 is 47.3. The molecule has 0 saturated carbocycles. The maximum absolute atomic E-state index is 13.7. The van der Waals surface area contributed by atoms with Crippen LogP contribution in [0.2, 0.25) is 0 Å². The van der Waals surface area contributed by atoms with Crippen LogP contribution in [0.5, 0.6) is 0 Å². The standard InChI is InChI=1S/C29H30FN5O7S2/c30-22-5-8-24(9-6-22)44(40,41)35(28-32-11-16-43-28)25(27(37)38)18-20-4-7-23(17-21(20)19-36)42-29(39)34-14-12-33(13-15-34)26-3-1-2-10-31-26/h1-10,17,20,25,28,32H,11-16,18H2,(H,37,38)/t20?,25-,28?/m0/s1. The number of allylic oxidation sites excluding steroid dienone is 4. The predicted molar refractivity (Wildman–Crippen MR) is 160 cm³/mol. The van der Waals surface area contributed by atoms with E-state index in [1.54, 1.807) is 12.1 Å². The number of carboxylic acids is 1. The Morgan fingerprint density at radius 1 is 1.18 bits per heavy atom. The van der Waals surface area contributed by atoms with Crippen LogP contribution >= 0.6 is 11.8 Å². The molecule has 2 aromatic rings. The van der Waals surface area contributed by atoms with Crippen LogP contribution in [0.3, 0.4) is 0 Å². The van der Waals surface area contributed by atoms with Crippen molar-refractivity contribution in [2.24, 2.45) is 5.92 Å². The van der Waals surface area contributed by atoms with E-state index in [4.69, 9.17) is 4.74 Å². The van der Waals surface area contributed by atoms with E-state index in [9.17, 15) is 32.3 Å². The number of anilines is 1. The summed E-state index contributed by atoms with van der Waals surface area (Å²) >= 11 is 1.22. The monoisotopic (exact) mass is 643 g/mol. The fraction of sp³-hybridized carbons (Fsp3) is 0.345. The highest BCUT2D eigenvalue weighted by atomic mass is 32.2. The number of nitrogens with zero attached hydrogens (tertiary/aromatic N) is 4. The lowest BCUT2D eigenvalue weighted by molar-refractivity contribution is -0.142. The normalized spacial score (nSPS) is 21.1. The van der Waals surface area contributed by atoms with E-state index in [0.29, 0.717) is 38.5 Å².